The molecule has 3 rings (SSSR count). The monoisotopic (exact) mass is 315 g/mol. The van der Waals surface area contributed by atoms with E-state index < -0.39 is 5.60 Å². The van der Waals surface area contributed by atoms with E-state index in [0.29, 0.717) is 6.54 Å². The van der Waals surface area contributed by atoms with Crippen molar-refractivity contribution in [3.05, 3.63) is 36.0 Å². The number of fused-ring (bicyclic) bond motifs is 1. The van der Waals surface area contributed by atoms with Crippen LogP contribution < -0.4 is 5.32 Å². The molecule has 1 aromatic carbocycles. The molecular weight excluding hydrogens is 290 g/mol. The molecule has 1 amide bonds. The number of nitrogens with zero attached hydrogens (tertiary/aromatic N) is 1. The molecule has 1 aliphatic rings. The first-order valence-corrected chi connectivity index (χ1v) is 8.19. The highest BCUT2D eigenvalue weighted by Gasteiger charge is 2.30. The minimum Gasteiger partial charge on any atom is -0.444 e. The van der Waals surface area contributed by atoms with Crippen LogP contribution in [0.3, 0.4) is 0 Å². The predicted molar refractivity (Wildman–Crippen MR) is 91.6 cm³/mol. The standard InChI is InChI=1S/C18H25N3O2/c1-18(2,3)23-17(22)21-9-8-19-12-14(21)10-13-11-20-16-7-5-4-6-15(13)16/h4-7,11,14,19-20H,8-10,12H2,1-3H3/t14-/m1/s1. The number of piperazine rings is 1. The molecule has 2 N–H and O–H groups in total. The summed E-state index contributed by atoms with van der Waals surface area (Å²) in [6, 6.07) is 8.37. The number of hydrogen-bond acceptors (Lipinski definition) is 3. The van der Waals surface area contributed by atoms with E-state index >= 15 is 0 Å². The van der Waals surface area contributed by atoms with Gasteiger partial charge in [0.05, 0.1) is 6.04 Å². The predicted octanol–water partition coefficient (Wildman–Crippen LogP) is 2.92. The molecule has 0 radical (unpaired) electrons. The van der Waals surface area contributed by atoms with Gasteiger partial charge in [-0.25, -0.2) is 4.79 Å². The lowest BCUT2D eigenvalue weighted by molar-refractivity contribution is 0.0122. The Bertz CT molecular complexity index is 687. The number of aromatic nitrogens is 1. The Kier molecular flexibility index (Phi) is 4.31. The first-order chi connectivity index (χ1) is 10.9. The van der Waals surface area contributed by atoms with Gasteiger partial charge in [0.15, 0.2) is 0 Å². The third kappa shape index (κ3) is 3.67. The summed E-state index contributed by atoms with van der Waals surface area (Å²) in [5.41, 5.74) is 1.91. The van der Waals surface area contributed by atoms with Gasteiger partial charge < -0.3 is 19.9 Å². The Morgan fingerprint density at radius 1 is 1.35 bits per heavy atom. The van der Waals surface area contributed by atoms with Crippen LogP contribution in [0, 0.1) is 0 Å². The highest BCUT2D eigenvalue weighted by atomic mass is 16.6. The fourth-order valence-corrected chi connectivity index (χ4v) is 3.06. The molecule has 1 fully saturated rings. The number of carbonyl (C=O) groups is 1. The van der Waals surface area contributed by atoms with E-state index in [-0.39, 0.29) is 12.1 Å². The highest BCUT2D eigenvalue weighted by Crippen LogP contribution is 2.22. The minimum atomic E-state index is -0.465. The van der Waals surface area contributed by atoms with E-state index in [1.807, 2.05) is 44.0 Å². The Labute approximate surface area is 137 Å². The second kappa shape index (κ2) is 6.24. The topological polar surface area (TPSA) is 57.4 Å². The van der Waals surface area contributed by atoms with Crippen LogP contribution in [0.5, 0.6) is 0 Å². The number of carbonyl (C=O) groups excluding carboxylic acids is 1. The molecule has 1 atom stereocenters. The summed E-state index contributed by atoms with van der Waals surface area (Å²) >= 11 is 0. The Balaban J connectivity index is 1.78. The molecule has 0 bridgehead atoms. The minimum absolute atomic E-state index is 0.109. The number of ether oxygens (including phenoxy) is 1. The Morgan fingerprint density at radius 3 is 2.91 bits per heavy atom. The zero-order chi connectivity index (χ0) is 16.4. The molecule has 1 aromatic heterocycles. The van der Waals surface area contributed by atoms with Crippen molar-refractivity contribution in [1.82, 2.24) is 15.2 Å². The van der Waals surface area contributed by atoms with E-state index in [0.717, 1.165) is 25.0 Å². The first kappa shape index (κ1) is 15.9. The molecule has 5 nitrogen and oxygen atoms in total. The van der Waals surface area contributed by atoms with Crippen LogP contribution in [0.4, 0.5) is 4.79 Å². The van der Waals surface area contributed by atoms with Crippen LogP contribution in [-0.4, -0.2) is 47.3 Å². The summed E-state index contributed by atoms with van der Waals surface area (Å²) in [5.74, 6) is 0. The zero-order valence-electron chi connectivity index (χ0n) is 14.1. The van der Waals surface area contributed by atoms with Crippen LogP contribution in [-0.2, 0) is 11.2 Å². The summed E-state index contributed by atoms with van der Waals surface area (Å²) in [7, 11) is 0. The first-order valence-electron chi connectivity index (χ1n) is 8.19. The third-order valence-electron chi connectivity index (χ3n) is 4.11. The van der Waals surface area contributed by atoms with E-state index in [1.54, 1.807) is 0 Å². The van der Waals surface area contributed by atoms with Gasteiger partial charge in [0, 0.05) is 36.7 Å². The van der Waals surface area contributed by atoms with Gasteiger partial charge in [0.1, 0.15) is 5.60 Å². The van der Waals surface area contributed by atoms with E-state index in [9.17, 15) is 4.79 Å². The number of amides is 1. The van der Waals surface area contributed by atoms with Gasteiger partial charge in [-0.1, -0.05) is 18.2 Å². The van der Waals surface area contributed by atoms with Crippen molar-refractivity contribution in [3.63, 3.8) is 0 Å². The van der Waals surface area contributed by atoms with Gasteiger partial charge in [-0.2, -0.15) is 0 Å². The van der Waals surface area contributed by atoms with Crippen molar-refractivity contribution in [2.45, 2.75) is 38.8 Å². The number of hydrogen-bond donors (Lipinski definition) is 2. The normalized spacial score (nSPS) is 19.1. The quantitative estimate of drug-likeness (QED) is 0.896. The molecule has 0 saturated carbocycles. The summed E-state index contributed by atoms with van der Waals surface area (Å²) in [5, 5.41) is 4.61. The molecule has 2 heterocycles. The number of rotatable bonds is 2. The largest absolute Gasteiger partial charge is 0.444 e. The average Bonchev–Trinajstić information content (AvgIpc) is 2.89. The SMILES string of the molecule is CC(C)(C)OC(=O)N1CCNC[C@H]1Cc1c[nH]c2ccccc12. The van der Waals surface area contributed by atoms with Crippen LogP contribution >= 0.6 is 0 Å². The van der Waals surface area contributed by atoms with Crippen LogP contribution in [0.2, 0.25) is 0 Å². The van der Waals surface area contributed by atoms with Crippen molar-refractivity contribution in [2.75, 3.05) is 19.6 Å². The molecule has 1 aliphatic heterocycles. The van der Waals surface area contributed by atoms with Gasteiger partial charge in [0.25, 0.3) is 0 Å². The maximum absolute atomic E-state index is 12.5. The second-order valence-electron chi connectivity index (χ2n) is 7.10. The molecule has 5 heteroatoms. The number of aromatic amines is 1. The summed E-state index contributed by atoms with van der Waals surface area (Å²) in [4.78, 5) is 17.7. The molecule has 124 valence electrons. The number of H-pyrrole nitrogens is 1. The zero-order valence-corrected chi connectivity index (χ0v) is 14.1. The van der Waals surface area contributed by atoms with Gasteiger partial charge in [-0.05, 0) is 38.8 Å². The highest BCUT2D eigenvalue weighted by molar-refractivity contribution is 5.83. The van der Waals surface area contributed by atoms with Gasteiger partial charge in [-0.15, -0.1) is 0 Å². The summed E-state index contributed by atoms with van der Waals surface area (Å²) in [6.45, 7) is 8.00. The molecule has 1 saturated heterocycles. The van der Waals surface area contributed by atoms with Gasteiger partial charge in [0.2, 0.25) is 0 Å². The Morgan fingerprint density at radius 2 is 2.13 bits per heavy atom. The van der Waals surface area contributed by atoms with Crippen molar-refractivity contribution in [2.24, 2.45) is 0 Å². The lowest BCUT2D eigenvalue weighted by Gasteiger charge is -2.37. The second-order valence-corrected chi connectivity index (χ2v) is 7.10. The Hall–Kier alpha value is -2.01. The molecule has 2 aromatic rings. The third-order valence-corrected chi connectivity index (χ3v) is 4.11. The fraction of sp³-hybridized carbons (Fsp3) is 0.500. The van der Waals surface area contributed by atoms with Gasteiger partial charge in [-0.3, -0.25) is 0 Å². The van der Waals surface area contributed by atoms with Crippen LogP contribution in [0.1, 0.15) is 26.3 Å². The molecule has 0 aliphatic carbocycles. The van der Waals surface area contributed by atoms with E-state index in [4.69, 9.17) is 4.74 Å². The van der Waals surface area contributed by atoms with Crippen LogP contribution in [0.25, 0.3) is 10.9 Å². The number of nitrogens with one attached hydrogen (secondary N) is 2. The van der Waals surface area contributed by atoms with Crippen molar-refractivity contribution in [3.8, 4) is 0 Å². The molecule has 23 heavy (non-hydrogen) atoms. The maximum atomic E-state index is 12.5. The van der Waals surface area contributed by atoms with Crippen molar-refractivity contribution < 1.29 is 9.53 Å². The lowest BCUT2D eigenvalue weighted by Crippen LogP contribution is -2.55. The maximum Gasteiger partial charge on any atom is 0.410 e. The van der Waals surface area contributed by atoms with Gasteiger partial charge >= 0.3 is 6.09 Å². The summed E-state index contributed by atoms with van der Waals surface area (Å²) in [6.07, 6.45) is 2.65. The molecular formula is C18H25N3O2. The van der Waals surface area contributed by atoms with E-state index in [1.165, 1.54) is 10.9 Å². The number of benzene rings is 1. The fourth-order valence-electron chi connectivity index (χ4n) is 3.06. The van der Waals surface area contributed by atoms with Crippen molar-refractivity contribution >= 4 is 17.0 Å². The van der Waals surface area contributed by atoms with Crippen molar-refractivity contribution in [1.29, 1.82) is 0 Å². The van der Waals surface area contributed by atoms with Crippen LogP contribution in [0.15, 0.2) is 30.5 Å². The average molecular weight is 315 g/mol. The lowest BCUT2D eigenvalue weighted by atomic mass is 10.0. The summed E-state index contributed by atoms with van der Waals surface area (Å²) < 4.78 is 5.57. The molecule has 0 unspecified atom stereocenters. The molecule has 0 spiro atoms. The number of para-hydroxylation sites is 1. The van der Waals surface area contributed by atoms with E-state index in [2.05, 4.69) is 22.4 Å². The smallest absolute Gasteiger partial charge is 0.410 e.